The van der Waals surface area contributed by atoms with Crippen molar-refractivity contribution in [2.45, 2.75) is 13.3 Å². The summed E-state index contributed by atoms with van der Waals surface area (Å²) in [6, 6.07) is 9.52. The van der Waals surface area contributed by atoms with E-state index in [0.717, 1.165) is 29.0 Å². The average Bonchev–Trinajstić information content (AvgIpc) is 3.01. The van der Waals surface area contributed by atoms with Crippen LogP contribution in [0.5, 0.6) is 5.75 Å². The molecule has 0 saturated carbocycles. The van der Waals surface area contributed by atoms with Crippen molar-refractivity contribution in [2.24, 2.45) is 0 Å². The van der Waals surface area contributed by atoms with Gasteiger partial charge in [-0.05, 0) is 30.2 Å². The summed E-state index contributed by atoms with van der Waals surface area (Å²) in [6.45, 7) is 2.04. The Morgan fingerprint density at radius 3 is 2.67 bits per heavy atom. The molecule has 3 heterocycles. The van der Waals surface area contributed by atoms with Gasteiger partial charge in [-0.15, -0.1) is 10.2 Å². The maximum Gasteiger partial charge on any atom is 0.277 e. The van der Waals surface area contributed by atoms with Gasteiger partial charge in [-0.1, -0.05) is 19.1 Å². The number of aromatic amines is 1. The standard InChI is InChI=1S/C17H15N5O2/c1-3-12-14(10-4-6-11(24-2)7-5-10)16-20-19-15-13(22(16)21-12)8-9-18-17(15)23/h4-9H,3H2,1-2H3,(H,18,23). The third-order valence-electron chi connectivity index (χ3n) is 4.03. The second kappa shape index (κ2) is 5.45. The number of aromatic nitrogens is 5. The zero-order valence-corrected chi connectivity index (χ0v) is 13.3. The summed E-state index contributed by atoms with van der Waals surface area (Å²) in [5.41, 5.74) is 4.09. The third-order valence-corrected chi connectivity index (χ3v) is 4.03. The first kappa shape index (κ1) is 14.4. The normalized spacial score (nSPS) is 11.2. The van der Waals surface area contributed by atoms with E-state index in [2.05, 4.69) is 20.3 Å². The van der Waals surface area contributed by atoms with Crippen LogP contribution in [0.15, 0.2) is 41.3 Å². The fourth-order valence-electron chi connectivity index (χ4n) is 2.84. The summed E-state index contributed by atoms with van der Waals surface area (Å²) in [5.74, 6) is 0.788. The minimum Gasteiger partial charge on any atom is -0.497 e. The van der Waals surface area contributed by atoms with E-state index in [1.165, 1.54) is 0 Å². The number of aryl methyl sites for hydroxylation is 1. The second-order valence-electron chi connectivity index (χ2n) is 5.38. The number of nitrogens with one attached hydrogen (secondary N) is 1. The van der Waals surface area contributed by atoms with Gasteiger partial charge >= 0.3 is 0 Å². The zero-order valence-electron chi connectivity index (χ0n) is 13.3. The van der Waals surface area contributed by atoms with Crippen LogP contribution in [0.1, 0.15) is 12.6 Å². The van der Waals surface area contributed by atoms with E-state index in [0.29, 0.717) is 11.2 Å². The largest absolute Gasteiger partial charge is 0.497 e. The van der Waals surface area contributed by atoms with Crippen LogP contribution in [0.25, 0.3) is 27.8 Å². The van der Waals surface area contributed by atoms with E-state index in [9.17, 15) is 4.79 Å². The second-order valence-corrected chi connectivity index (χ2v) is 5.38. The van der Waals surface area contributed by atoms with Gasteiger partial charge in [0.1, 0.15) is 11.3 Å². The Hall–Kier alpha value is -3.22. The SMILES string of the molecule is CCc1nn2c(nnc3c(=O)[nH]ccc32)c1-c1ccc(OC)cc1. The highest BCUT2D eigenvalue weighted by molar-refractivity contribution is 5.84. The molecule has 0 spiro atoms. The number of nitrogens with zero attached hydrogens (tertiary/aromatic N) is 4. The lowest BCUT2D eigenvalue weighted by atomic mass is 10.0. The van der Waals surface area contributed by atoms with Crippen molar-refractivity contribution < 1.29 is 4.74 Å². The Labute approximate surface area is 136 Å². The molecule has 4 rings (SSSR count). The molecule has 0 saturated heterocycles. The lowest BCUT2D eigenvalue weighted by Crippen LogP contribution is -2.10. The van der Waals surface area contributed by atoms with Crippen LogP contribution in [0.3, 0.4) is 0 Å². The highest BCUT2D eigenvalue weighted by Crippen LogP contribution is 2.30. The van der Waals surface area contributed by atoms with Gasteiger partial charge in [0.25, 0.3) is 5.56 Å². The number of fused-ring (bicyclic) bond motifs is 3. The molecule has 0 amide bonds. The molecule has 0 aliphatic rings. The first-order chi connectivity index (χ1) is 11.7. The molecule has 0 unspecified atom stereocenters. The molecule has 0 aliphatic heterocycles. The summed E-state index contributed by atoms with van der Waals surface area (Å²) in [6.07, 6.45) is 2.33. The van der Waals surface area contributed by atoms with Crippen LogP contribution in [-0.2, 0) is 6.42 Å². The lowest BCUT2D eigenvalue weighted by molar-refractivity contribution is 0.415. The highest BCUT2D eigenvalue weighted by atomic mass is 16.5. The number of pyridine rings is 1. The van der Waals surface area contributed by atoms with E-state index in [-0.39, 0.29) is 11.1 Å². The maximum absolute atomic E-state index is 11.9. The van der Waals surface area contributed by atoms with Gasteiger partial charge in [0.05, 0.1) is 18.4 Å². The third kappa shape index (κ3) is 2.05. The quantitative estimate of drug-likeness (QED) is 0.625. The number of methoxy groups -OCH3 is 1. The van der Waals surface area contributed by atoms with Crippen LogP contribution in [-0.4, -0.2) is 31.9 Å². The Kier molecular flexibility index (Phi) is 3.26. The van der Waals surface area contributed by atoms with Crippen LogP contribution in [0.2, 0.25) is 0 Å². The number of hydrogen-bond acceptors (Lipinski definition) is 5. The smallest absolute Gasteiger partial charge is 0.277 e. The molecule has 4 aromatic rings. The minimum absolute atomic E-state index is 0.274. The molecule has 1 N–H and O–H groups in total. The monoisotopic (exact) mass is 321 g/mol. The summed E-state index contributed by atoms with van der Waals surface area (Å²) < 4.78 is 6.90. The van der Waals surface area contributed by atoms with Gasteiger partial charge in [0.15, 0.2) is 11.2 Å². The molecule has 120 valence electrons. The van der Waals surface area contributed by atoms with Crippen molar-refractivity contribution in [3.05, 3.63) is 52.6 Å². The molecule has 7 heteroatoms. The topological polar surface area (TPSA) is 85.2 Å². The maximum atomic E-state index is 11.9. The average molecular weight is 321 g/mol. The van der Waals surface area contributed by atoms with Gasteiger partial charge in [-0.25, -0.2) is 4.52 Å². The Balaban J connectivity index is 2.05. The molecular formula is C17H15N5O2. The predicted octanol–water partition coefficient (Wildman–Crippen LogP) is 2.20. The van der Waals surface area contributed by atoms with Crippen LogP contribution >= 0.6 is 0 Å². The van der Waals surface area contributed by atoms with Crippen molar-refractivity contribution in [2.75, 3.05) is 7.11 Å². The van der Waals surface area contributed by atoms with E-state index >= 15 is 0 Å². The van der Waals surface area contributed by atoms with E-state index in [1.54, 1.807) is 23.9 Å². The molecule has 0 aliphatic carbocycles. The lowest BCUT2D eigenvalue weighted by Gasteiger charge is -2.04. The molecule has 0 atom stereocenters. The van der Waals surface area contributed by atoms with Crippen LogP contribution in [0.4, 0.5) is 0 Å². The molecule has 7 nitrogen and oxygen atoms in total. The number of rotatable bonds is 3. The van der Waals surface area contributed by atoms with Crippen molar-refractivity contribution >= 4 is 16.7 Å². The van der Waals surface area contributed by atoms with Gasteiger partial charge in [0.2, 0.25) is 0 Å². The first-order valence-corrected chi connectivity index (χ1v) is 7.63. The molecule has 24 heavy (non-hydrogen) atoms. The van der Waals surface area contributed by atoms with Crippen molar-refractivity contribution in [1.82, 2.24) is 24.8 Å². The zero-order chi connectivity index (χ0) is 16.7. The van der Waals surface area contributed by atoms with Crippen molar-refractivity contribution in [1.29, 1.82) is 0 Å². The summed E-state index contributed by atoms with van der Waals surface area (Å²) in [7, 11) is 1.64. The summed E-state index contributed by atoms with van der Waals surface area (Å²) in [4.78, 5) is 14.5. The highest BCUT2D eigenvalue weighted by Gasteiger charge is 2.18. The van der Waals surface area contributed by atoms with Gasteiger partial charge in [-0.3, -0.25) is 4.79 Å². The van der Waals surface area contributed by atoms with Crippen molar-refractivity contribution in [3.8, 4) is 16.9 Å². The molecule has 0 bridgehead atoms. The summed E-state index contributed by atoms with van der Waals surface area (Å²) in [5, 5.41) is 13.0. The van der Waals surface area contributed by atoms with Gasteiger partial charge in [-0.2, -0.15) is 5.10 Å². The van der Waals surface area contributed by atoms with Crippen LogP contribution < -0.4 is 10.3 Å². The molecular weight excluding hydrogens is 306 g/mol. The Morgan fingerprint density at radius 2 is 1.96 bits per heavy atom. The number of ether oxygens (including phenoxy) is 1. The molecule has 3 aromatic heterocycles. The minimum atomic E-state index is -0.276. The van der Waals surface area contributed by atoms with Gasteiger partial charge in [0, 0.05) is 6.20 Å². The Bertz CT molecular complexity index is 1100. The van der Waals surface area contributed by atoms with E-state index in [1.807, 2.05) is 31.2 Å². The fraction of sp³-hybridized carbons (Fsp3) is 0.176. The van der Waals surface area contributed by atoms with E-state index < -0.39 is 0 Å². The number of H-pyrrole nitrogens is 1. The summed E-state index contributed by atoms with van der Waals surface area (Å²) >= 11 is 0. The fourth-order valence-corrected chi connectivity index (χ4v) is 2.84. The van der Waals surface area contributed by atoms with Crippen molar-refractivity contribution in [3.63, 3.8) is 0 Å². The van der Waals surface area contributed by atoms with E-state index in [4.69, 9.17) is 4.74 Å². The predicted molar refractivity (Wildman–Crippen MR) is 90.3 cm³/mol. The molecule has 0 radical (unpaired) electrons. The van der Waals surface area contributed by atoms with Gasteiger partial charge < -0.3 is 9.72 Å². The first-order valence-electron chi connectivity index (χ1n) is 7.63. The number of benzene rings is 1. The Morgan fingerprint density at radius 1 is 1.17 bits per heavy atom. The number of hydrogen-bond donors (Lipinski definition) is 1. The molecule has 0 fully saturated rings. The van der Waals surface area contributed by atoms with Crippen LogP contribution in [0, 0.1) is 0 Å². The molecule has 1 aromatic carbocycles.